The van der Waals surface area contributed by atoms with E-state index >= 15 is 0 Å². The third kappa shape index (κ3) is 2.87. The van der Waals surface area contributed by atoms with E-state index in [-0.39, 0.29) is 12.5 Å². The Morgan fingerprint density at radius 1 is 1.23 bits per heavy atom. The van der Waals surface area contributed by atoms with Gasteiger partial charge in [-0.2, -0.15) is 0 Å². The summed E-state index contributed by atoms with van der Waals surface area (Å²) >= 11 is 5.88. The molecule has 0 fully saturated rings. The Kier molecular flexibility index (Phi) is 3.93. The molecule has 2 aromatic carbocycles. The maximum Gasteiger partial charge on any atom is 0.265 e. The molecule has 2 aromatic rings. The van der Waals surface area contributed by atoms with Gasteiger partial charge in [0, 0.05) is 5.02 Å². The van der Waals surface area contributed by atoms with Crippen LogP contribution >= 0.6 is 11.6 Å². The minimum Gasteiger partial charge on any atom is -0.482 e. The lowest BCUT2D eigenvalue weighted by molar-refractivity contribution is -0.121. The molecule has 2 N–H and O–H groups in total. The smallest absolute Gasteiger partial charge is 0.265 e. The molecule has 0 aliphatic carbocycles. The lowest BCUT2D eigenvalue weighted by atomic mass is 10.1. The zero-order valence-electron chi connectivity index (χ0n) is 11.6. The van der Waals surface area contributed by atoms with Crippen molar-refractivity contribution in [2.75, 3.05) is 11.5 Å². The van der Waals surface area contributed by atoms with Crippen LogP contribution < -0.4 is 15.5 Å². The molecule has 112 valence electrons. The fourth-order valence-corrected chi connectivity index (χ4v) is 2.39. The van der Waals surface area contributed by atoms with E-state index in [1.807, 2.05) is 12.1 Å². The number of hydrogen-bond acceptors (Lipinski definition) is 4. The van der Waals surface area contributed by atoms with Crippen LogP contribution in [0.25, 0.3) is 0 Å². The van der Waals surface area contributed by atoms with Gasteiger partial charge in [0.25, 0.3) is 5.91 Å². The van der Waals surface area contributed by atoms with Crippen molar-refractivity contribution in [3.63, 3.8) is 0 Å². The Hall–Kier alpha value is -2.60. The molecule has 1 amide bonds. The number of carbonyl (C=O) groups is 1. The molecule has 1 aliphatic rings. The second-order valence-corrected chi connectivity index (χ2v) is 5.20. The van der Waals surface area contributed by atoms with Crippen LogP contribution in [-0.2, 0) is 11.3 Å². The maximum atomic E-state index is 12.2. The van der Waals surface area contributed by atoms with E-state index in [2.05, 4.69) is 10.3 Å². The van der Waals surface area contributed by atoms with Gasteiger partial charge < -0.3 is 15.5 Å². The minimum absolute atomic E-state index is 0.0122. The number of fused-ring (bicyclic) bond motifs is 1. The van der Waals surface area contributed by atoms with E-state index < -0.39 is 0 Å². The number of nitrogens with zero attached hydrogens (tertiary/aromatic N) is 3. The zero-order chi connectivity index (χ0) is 15.5. The molecule has 0 spiro atoms. The van der Waals surface area contributed by atoms with Crippen molar-refractivity contribution in [1.29, 1.82) is 0 Å². The van der Waals surface area contributed by atoms with Gasteiger partial charge in [-0.3, -0.25) is 4.79 Å². The standard InChI is InChI=1S/C15H13ClN4O2/c16-11-3-1-10(2-4-11)8-20-13-7-12(18-19-17)5-6-14(13)22-9-15(20)21/h1-7H,8-9H2,(H2,17,18). The second kappa shape index (κ2) is 6.03. The van der Waals surface area contributed by atoms with Crippen molar-refractivity contribution in [2.45, 2.75) is 6.54 Å². The van der Waals surface area contributed by atoms with Crippen molar-refractivity contribution in [3.05, 3.63) is 53.1 Å². The number of ether oxygens (including phenoxy) is 1. The number of hydrogen-bond donors (Lipinski definition) is 1. The average molecular weight is 317 g/mol. The van der Waals surface area contributed by atoms with E-state index in [0.29, 0.717) is 28.7 Å². The van der Waals surface area contributed by atoms with Crippen molar-refractivity contribution in [2.24, 2.45) is 16.2 Å². The molecule has 1 aliphatic heterocycles. The normalized spacial score (nSPS) is 14.0. The minimum atomic E-state index is -0.121. The number of rotatable bonds is 3. The first-order valence-corrected chi connectivity index (χ1v) is 6.98. The van der Waals surface area contributed by atoms with E-state index in [1.54, 1.807) is 35.2 Å². The van der Waals surface area contributed by atoms with Crippen LogP contribution in [0.4, 0.5) is 11.4 Å². The van der Waals surface area contributed by atoms with Crippen molar-refractivity contribution in [1.82, 2.24) is 0 Å². The van der Waals surface area contributed by atoms with Gasteiger partial charge in [-0.05, 0) is 35.9 Å². The van der Waals surface area contributed by atoms with Crippen molar-refractivity contribution in [3.8, 4) is 5.75 Å². The van der Waals surface area contributed by atoms with Gasteiger partial charge in [0.05, 0.1) is 17.9 Å². The lowest BCUT2D eigenvalue weighted by Crippen LogP contribution is -2.38. The Balaban J connectivity index is 1.95. The summed E-state index contributed by atoms with van der Waals surface area (Å²) in [6, 6.07) is 12.6. The molecule has 0 saturated carbocycles. The highest BCUT2D eigenvalue weighted by molar-refractivity contribution is 6.30. The third-order valence-electron chi connectivity index (χ3n) is 3.31. The summed E-state index contributed by atoms with van der Waals surface area (Å²) in [5, 5.41) is 7.70. The average Bonchev–Trinajstić information content (AvgIpc) is 2.52. The van der Waals surface area contributed by atoms with Gasteiger partial charge in [-0.1, -0.05) is 29.0 Å². The van der Waals surface area contributed by atoms with Crippen LogP contribution in [0.15, 0.2) is 52.8 Å². The Morgan fingerprint density at radius 3 is 2.73 bits per heavy atom. The zero-order valence-corrected chi connectivity index (χ0v) is 12.3. The summed E-state index contributed by atoms with van der Waals surface area (Å²) in [4.78, 5) is 13.8. The molecular weight excluding hydrogens is 304 g/mol. The molecule has 6 nitrogen and oxygen atoms in total. The van der Waals surface area contributed by atoms with Crippen LogP contribution in [0.3, 0.4) is 0 Å². The van der Waals surface area contributed by atoms with Crippen LogP contribution in [0.2, 0.25) is 5.02 Å². The molecular formula is C15H13ClN4O2. The van der Waals surface area contributed by atoms with Crippen LogP contribution in [0, 0.1) is 0 Å². The summed E-state index contributed by atoms with van der Waals surface area (Å²) in [5.41, 5.74) is 2.17. The molecule has 1 heterocycles. The number of benzene rings is 2. The van der Waals surface area contributed by atoms with Crippen molar-refractivity contribution < 1.29 is 9.53 Å². The highest BCUT2D eigenvalue weighted by atomic mass is 35.5. The van der Waals surface area contributed by atoms with Gasteiger partial charge >= 0.3 is 0 Å². The largest absolute Gasteiger partial charge is 0.482 e. The Bertz CT molecular complexity index is 731. The predicted octanol–water partition coefficient (Wildman–Crippen LogP) is 3.22. The Labute approximate surface area is 132 Å². The molecule has 7 heteroatoms. The van der Waals surface area contributed by atoms with Gasteiger partial charge in [0.15, 0.2) is 6.61 Å². The monoisotopic (exact) mass is 316 g/mol. The topological polar surface area (TPSA) is 80.3 Å². The summed E-state index contributed by atoms with van der Waals surface area (Å²) in [6.45, 7) is 0.438. The fraction of sp³-hybridized carbons (Fsp3) is 0.133. The van der Waals surface area contributed by atoms with E-state index in [1.165, 1.54) is 0 Å². The first-order valence-electron chi connectivity index (χ1n) is 6.60. The van der Waals surface area contributed by atoms with Gasteiger partial charge in [0.2, 0.25) is 0 Å². The fourth-order valence-electron chi connectivity index (χ4n) is 2.27. The SMILES string of the molecule is NN=Nc1ccc2c(c1)N(Cc1ccc(Cl)cc1)C(=O)CO2. The van der Waals surface area contributed by atoms with Crippen LogP contribution in [-0.4, -0.2) is 12.5 Å². The maximum absolute atomic E-state index is 12.2. The third-order valence-corrected chi connectivity index (χ3v) is 3.56. The predicted molar refractivity (Wildman–Crippen MR) is 83.3 cm³/mol. The second-order valence-electron chi connectivity index (χ2n) is 4.76. The van der Waals surface area contributed by atoms with Gasteiger partial charge in [0.1, 0.15) is 5.75 Å². The van der Waals surface area contributed by atoms with Gasteiger partial charge in [-0.25, -0.2) is 0 Å². The first-order chi connectivity index (χ1) is 10.7. The number of anilines is 1. The van der Waals surface area contributed by atoms with Gasteiger partial charge in [-0.15, -0.1) is 5.11 Å². The molecule has 3 rings (SSSR count). The molecule has 0 radical (unpaired) electrons. The number of carbonyl (C=O) groups excluding carboxylic acids is 1. The number of halogens is 1. The highest BCUT2D eigenvalue weighted by Gasteiger charge is 2.26. The summed E-state index contributed by atoms with van der Waals surface area (Å²) in [7, 11) is 0. The molecule has 0 bridgehead atoms. The summed E-state index contributed by atoms with van der Waals surface area (Å²) in [6.07, 6.45) is 0. The first kappa shape index (κ1) is 14.3. The molecule has 0 aromatic heterocycles. The molecule has 22 heavy (non-hydrogen) atoms. The number of amides is 1. The molecule has 0 saturated heterocycles. The Morgan fingerprint density at radius 2 is 2.00 bits per heavy atom. The summed E-state index contributed by atoms with van der Waals surface area (Å²) in [5.74, 6) is 5.58. The van der Waals surface area contributed by atoms with E-state index in [4.69, 9.17) is 22.2 Å². The lowest BCUT2D eigenvalue weighted by Gasteiger charge is -2.29. The van der Waals surface area contributed by atoms with Crippen molar-refractivity contribution >= 4 is 28.9 Å². The van der Waals surface area contributed by atoms with E-state index in [0.717, 1.165) is 5.56 Å². The number of nitrogens with two attached hydrogens (primary N) is 1. The van der Waals surface area contributed by atoms with E-state index in [9.17, 15) is 4.79 Å². The quantitative estimate of drug-likeness (QED) is 0.536. The highest BCUT2D eigenvalue weighted by Crippen LogP contribution is 2.36. The molecule has 0 unspecified atom stereocenters. The van der Waals surface area contributed by atoms with Crippen LogP contribution in [0.5, 0.6) is 5.75 Å². The van der Waals surface area contributed by atoms with Crippen LogP contribution in [0.1, 0.15) is 5.56 Å². The molecule has 0 atom stereocenters. The summed E-state index contributed by atoms with van der Waals surface area (Å²) < 4.78 is 5.44.